The number of carbonyl (C=O) groups is 2. The largest absolute Gasteiger partial charge is 0.465 e. The highest BCUT2D eigenvalue weighted by atomic mass is 16.6. The van der Waals surface area contributed by atoms with Crippen LogP contribution in [0, 0.1) is 0 Å². The first kappa shape index (κ1) is 14.7. The van der Waals surface area contributed by atoms with Crippen molar-refractivity contribution < 1.29 is 24.2 Å². The Balaban J connectivity index is 4.13. The van der Waals surface area contributed by atoms with E-state index < -0.39 is 12.1 Å². The maximum absolute atomic E-state index is 11.4. The minimum absolute atomic E-state index is 0.0676. The monoisotopic (exact) mass is 233 g/mol. The SMILES string of the molecule is CCCN(CC(=O)OCC)C(=O)OCCO. The van der Waals surface area contributed by atoms with E-state index in [1.165, 1.54) is 4.90 Å². The van der Waals surface area contributed by atoms with Gasteiger partial charge in [0.25, 0.3) is 0 Å². The molecule has 0 heterocycles. The van der Waals surface area contributed by atoms with Crippen LogP contribution in [-0.4, -0.2) is 55.0 Å². The van der Waals surface area contributed by atoms with E-state index in [0.717, 1.165) is 0 Å². The number of rotatable bonds is 7. The summed E-state index contributed by atoms with van der Waals surface area (Å²) in [5.74, 6) is -0.461. The molecule has 0 aromatic heterocycles. The smallest absolute Gasteiger partial charge is 0.410 e. The lowest BCUT2D eigenvalue weighted by Gasteiger charge is -2.20. The Hall–Kier alpha value is -1.30. The predicted molar refractivity (Wildman–Crippen MR) is 56.9 cm³/mol. The molecule has 16 heavy (non-hydrogen) atoms. The van der Waals surface area contributed by atoms with Crippen molar-refractivity contribution in [3.05, 3.63) is 0 Å². The van der Waals surface area contributed by atoms with Gasteiger partial charge in [0.15, 0.2) is 0 Å². The maximum Gasteiger partial charge on any atom is 0.410 e. The van der Waals surface area contributed by atoms with E-state index in [2.05, 4.69) is 0 Å². The molecular weight excluding hydrogens is 214 g/mol. The summed E-state index contributed by atoms with van der Waals surface area (Å²) in [6.07, 6.45) is 0.108. The van der Waals surface area contributed by atoms with Gasteiger partial charge in [-0.1, -0.05) is 6.92 Å². The second-order valence-electron chi connectivity index (χ2n) is 3.06. The Morgan fingerprint density at radius 2 is 1.94 bits per heavy atom. The van der Waals surface area contributed by atoms with Crippen LogP contribution in [0.25, 0.3) is 0 Å². The zero-order valence-electron chi connectivity index (χ0n) is 9.77. The van der Waals surface area contributed by atoms with Gasteiger partial charge >= 0.3 is 12.1 Å². The summed E-state index contributed by atoms with van der Waals surface area (Å²) in [4.78, 5) is 23.9. The van der Waals surface area contributed by atoms with Crippen molar-refractivity contribution in [1.82, 2.24) is 4.90 Å². The van der Waals surface area contributed by atoms with E-state index in [9.17, 15) is 9.59 Å². The van der Waals surface area contributed by atoms with Crippen LogP contribution in [0.2, 0.25) is 0 Å². The maximum atomic E-state index is 11.4. The van der Waals surface area contributed by atoms with Crippen LogP contribution < -0.4 is 0 Å². The van der Waals surface area contributed by atoms with E-state index in [4.69, 9.17) is 14.6 Å². The van der Waals surface area contributed by atoms with Gasteiger partial charge in [-0.3, -0.25) is 9.69 Å². The number of carbonyl (C=O) groups excluding carboxylic acids is 2. The molecule has 0 radical (unpaired) electrons. The standard InChI is InChI=1S/C10H19NO5/c1-3-5-11(8-9(13)15-4-2)10(14)16-7-6-12/h12H,3-8H2,1-2H3. The van der Waals surface area contributed by atoms with Gasteiger partial charge in [0.05, 0.1) is 13.2 Å². The number of esters is 1. The third-order valence-corrected chi connectivity index (χ3v) is 1.69. The molecule has 0 rings (SSSR count). The van der Waals surface area contributed by atoms with E-state index in [0.29, 0.717) is 13.0 Å². The molecule has 1 N–H and O–H groups in total. The van der Waals surface area contributed by atoms with Gasteiger partial charge < -0.3 is 14.6 Å². The van der Waals surface area contributed by atoms with Gasteiger partial charge in [-0.05, 0) is 13.3 Å². The van der Waals surface area contributed by atoms with Crippen LogP contribution in [0.4, 0.5) is 4.79 Å². The molecule has 0 saturated carbocycles. The van der Waals surface area contributed by atoms with E-state index >= 15 is 0 Å². The molecule has 94 valence electrons. The average Bonchev–Trinajstić information content (AvgIpc) is 2.25. The van der Waals surface area contributed by atoms with Crippen molar-refractivity contribution in [2.45, 2.75) is 20.3 Å². The lowest BCUT2D eigenvalue weighted by Crippen LogP contribution is -2.37. The topological polar surface area (TPSA) is 76.1 Å². The fourth-order valence-corrected chi connectivity index (χ4v) is 1.09. The first-order chi connectivity index (χ1) is 7.65. The number of amides is 1. The fraction of sp³-hybridized carbons (Fsp3) is 0.800. The molecule has 6 nitrogen and oxygen atoms in total. The van der Waals surface area contributed by atoms with Gasteiger partial charge in [-0.15, -0.1) is 0 Å². The summed E-state index contributed by atoms with van der Waals surface area (Å²) in [6.45, 7) is 3.87. The summed E-state index contributed by atoms with van der Waals surface area (Å²) < 4.78 is 9.45. The van der Waals surface area contributed by atoms with Crippen LogP contribution in [-0.2, 0) is 14.3 Å². The van der Waals surface area contributed by atoms with Crippen LogP contribution in [0.1, 0.15) is 20.3 Å². The van der Waals surface area contributed by atoms with E-state index in [1.54, 1.807) is 6.92 Å². The fourth-order valence-electron chi connectivity index (χ4n) is 1.09. The molecule has 0 aliphatic heterocycles. The Kier molecular flexibility index (Phi) is 8.24. The Morgan fingerprint density at radius 1 is 1.25 bits per heavy atom. The first-order valence-electron chi connectivity index (χ1n) is 5.33. The average molecular weight is 233 g/mol. The molecule has 0 aliphatic rings. The highest BCUT2D eigenvalue weighted by Gasteiger charge is 2.17. The molecular formula is C10H19NO5. The number of hydrogen-bond donors (Lipinski definition) is 1. The first-order valence-corrected chi connectivity index (χ1v) is 5.33. The summed E-state index contributed by atoms with van der Waals surface area (Å²) in [7, 11) is 0. The second kappa shape index (κ2) is 8.96. The number of hydrogen-bond acceptors (Lipinski definition) is 5. The molecule has 0 saturated heterocycles. The van der Waals surface area contributed by atoms with Gasteiger partial charge in [-0.2, -0.15) is 0 Å². The minimum Gasteiger partial charge on any atom is -0.465 e. The van der Waals surface area contributed by atoms with Crippen LogP contribution >= 0.6 is 0 Å². The Morgan fingerprint density at radius 3 is 2.44 bits per heavy atom. The highest BCUT2D eigenvalue weighted by Crippen LogP contribution is 1.97. The molecule has 0 aromatic rings. The van der Waals surface area contributed by atoms with Gasteiger partial charge in [-0.25, -0.2) is 4.79 Å². The third-order valence-electron chi connectivity index (χ3n) is 1.69. The molecule has 0 aliphatic carbocycles. The van der Waals surface area contributed by atoms with E-state index in [-0.39, 0.29) is 26.4 Å². The lowest BCUT2D eigenvalue weighted by molar-refractivity contribution is -0.144. The zero-order valence-corrected chi connectivity index (χ0v) is 9.77. The summed E-state index contributed by atoms with van der Waals surface area (Å²) >= 11 is 0. The Bertz CT molecular complexity index is 219. The zero-order chi connectivity index (χ0) is 12.4. The second-order valence-corrected chi connectivity index (χ2v) is 3.06. The molecule has 0 atom stereocenters. The van der Waals surface area contributed by atoms with Crippen LogP contribution in [0.15, 0.2) is 0 Å². The van der Waals surface area contributed by atoms with Crippen LogP contribution in [0.5, 0.6) is 0 Å². The predicted octanol–water partition coefficient (Wildman–Crippen LogP) is 0.390. The van der Waals surface area contributed by atoms with Crippen molar-refractivity contribution in [3.63, 3.8) is 0 Å². The minimum atomic E-state index is -0.607. The lowest BCUT2D eigenvalue weighted by atomic mass is 10.4. The van der Waals surface area contributed by atoms with Crippen molar-refractivity contribution >= 4 is 12.1 Å². The summed E-state index contributed by atoms with van der Waals surface area (Å²) in [5.41, 5.74) is 0. The van der Waals surface area contributed by atoms with Crippen molar-refractivity contribution in [1.29, 1.82) is 0 Å². The molecule has 0 unspecified atom stereocenters. The van der Waals surface area contributed by atoms with E-state index in [1.807, 2.05) is 6.92 Å². The molecule has 1 amide bonds. The normalized spacial score (nSPS) is 9.69. The summed E-state index contributed by atoms with van der Waals surface area (Å²) in [5, 5.41) is 8.51. The number of aliphatic hydroxyl groups is 1. The number of ether oxygens (including phenoxy) is 2. The number of aliphatic hydroxyl groups excluding tert-OH is 1. The number of nitrogens with zero attached hydrogens (tertiary/aromatic N) is 1. The van der Waals surface area contributed by atoms with Gasteiger partial charge in [0.1, 0.15) is 13.2 Å². The summed E-state index contributed by atoms with van der Waals surface area (Å²) in [6, 6.07) is 0. The third kappa shape index (κ3) is 6.23. The molecule has 0 spiro atoms. The Labute approximate surface area is 95.1 Å². The molecule has 6 heteroatoms. The highest BCUT2D eigenvalue weighted by molar-refractivity contribution is 5.78. The molecule has 0 bridgehead atoms. The van der Waals surface area contributed by atoms with Gasteiger partial charge in [0.2, 0.25) is 0 Å². The van der Waals surface area contributed by atoms with Crippen LogP contribution in [0.3, 0.4) is 0 Å². The van der Waals surface area contributed by atoms with Crippen molar-refractivity contribution in [2.75, 3.05) is 32.9 Å². The van der Waals surface area contributed by atoms with Crippen molar-refractivity contribution in [3.8, 4) is 0 Å². The van der Waals surface area contributed by atoms with Crippen molar-refractivity contribution in [2.24, 2.45) is 0 Å². The molecule has 0 aromatic carbocycles. The molecule has 0 fully saturated rings. The quantitative estimate of drug-likeness (QED) is 0.644. The van der Waals surface area contributed by atoms with Gasteiger partial charge in [0, 0.05) is 6.54 Å².